The Morgan fingerprint density at radius 1 is 1.09 bits per heavy atom. The highest BCUT2D eigenvalue weighted by Crippen LogP contribution is 2.44. The van der Waals surface area contributed by atoms with Gasteiger partial charge in [0.1, 0.15) is 12.6 Å². The molecule has 2 amide bonds. The van der Waals surface area contributed by atoms with Crippen molar-refractivity contribution in [3.8, 4) is 11.1 Å². The Labute approximate surface area is 197 Å². The number of nitrogens with one attached hydrogen (secondary N) is 1. The van der Waals surface area contributed by atoms with Crippen LogP contribution >= 0.6 is 11.6 Å². The molecule has 4 rings (SSSR count). The lowest BCUT2D eigenvalue weighted by molar-refractivity contribution is -0.138. The molecule has 2 aromatic rings. The monoisotopic (exact) mass is 468 g/mol. The largest absolute Gasteiger partial charge is 0.481 e. The van der Waals surface area contributed by atoms with Crippen LogP contribution in [-0.4, -0.2) is 53.7 Å². The Kier molecular flexibility index (Phi) is 6.99. The average Bonchev–Trinajstić information content (AvgIpc) is 3.13. The number of hydrogen-bond acceptors (Lipinski definition) is 4. The first kappa shape index (κ1) is 22.9. The molecule has 1 atom stereocenters. The number of alkyl carbamates (subject to hydrolysis) is 1. The van der Waals surface area contributed by atoms with E-state index in [1.807, 2.05) is 54.6 Å². The topological polar surface area (TPSA) is 95.9 Å². The summed E-state index contributed by atoms with van der Waals surface area (Å²) in [6.45, 7) is 0.819. The number of ether oxygens (including phenoxy) is 1. The zero-order valence-corrected chi connectivity index (χ0v) is 18.8. The number of carbonyl (C=O) groups is 3. The Morgan fingerprint density at radius 3 is 2.33 bits per heavy atom. The SMILES string of the molecule is O=C(O)CCC(NC(=O)OCC1c2ccccc2-c2ccccc21)C(=O)N1CCC=C(Cl)C1. The van der Waals surface area contributed by atoms with Gasteiger partial charge < -0.3 is 20.1 Å². The molecule has 0 spiro atoms. The number of nitrogens with zero attached hydrogens (tertiary/aromatic N) is 1. The first-order valence-electron chi connectivity index (χ1n) is 10.9. The minimum atomic E-state index is -1.04. The van der Waals surface area contributed by atoms with E-state index in [9.17, 15) is 14.4 Å². The van der Waals surface area contributed by atoms with Crippen LogP contribution < -0.4 is 5.32 Å². The average molecular weight is 469 g/mol. The summed E-state index contributed by atoms with van der Waals surface area (Å²) in [6, 6.07) is 15.0. The number of carboxylic acid groups (broad SMARTS) is 1. The summed E-state index contributed by atoms with van der Waals surface area (Å²) in [4.78, 5) is 38.2. The molecule has 0 saturated heterocycles. The highest BCUT2D eigenvalue weighted by molar-refractivity contribution is 6.30. The molecule has 0 bridgehead atoms. The molecule has 1 aliphatic carbocycles. The van der Waals surface area contributed by atoms with E-state index in [0.29, 0.717) is 18.0 Å². The molecule has 1 aliphatic heterocycles. The zero-order valence-electron chi connectivity index (χ0n) is 18.0. The molecule has 0 fully saturated rings. The number of halogens is 1. The number of carbonyl (C=O) groups excluding carboxylic acids is 2. The number of hydrogen-bond donors (Lipinski definition) is 2. The molecule has 2 N–H and O–H groups in total. The summed E-state index contributed by atoms with van der Waals surface area (Å²) in [7, 11) is 0. The van der Waals surface area contributed by atoms with Crippen molar-refractivity contribution in [2.75, 3.05) is 19.7 Å². The number of amides is 2. The Bertz CT molecular complexity index is 1050. The van der Waals surface area contributed by atoms with E-state index in [4.69, 9.17) is 21.4 Å². The number of carboxylic acids is 1. The van der Waals surface area contributed by atoms with Crippen LogP contribution in [0, 0.1) is 0 Å². The van der Waals surface area contributed by atoms with Crippen molar-refractivity contribution in [1.82, 2.24) is 10.2 Å². The van der Waals surface area contributed by atoms with Gasteiger partial charge in [0.15, 0.2) is 0 Å². The van der Waals surface area contributed by atoms with Gasteiger partial charge in [-0.3, -0.25) is 9.59 Å². The van der Waals surface area contributed by atoms with Gasteiger partial charge in [0.05, 0.1) is 6.54 Å². The fraction of sp³-hybridized carbons (Fsp3) is 0.320. The van der Waals surface area contributed by atoms with Crippen LogP contribution in [0.25, 0.3) is 11.1 Å². The smallest absolute Gasteiger partial charge is 0.407 e. The van der Waals surface area contributed by atoms with Crippen LogP contribution in [-0.2, 0) is 14.3 Å². The standard InChI is InChI=1S/C25H25ClN2O5/c26-16-6-5-13-28(14-16)24(31)22(11-12-23(29)30)27-25(32)33-15-21-19-9-3-1-7-17(19)18-8-2-4-10-20(18)21/h1-4,6-10,21-22H,5,11-15H2,(H,27,32)(H,29,30). The minimum Gasteiger partial charge on any atom is -0.481 e. The maximum absolute atomic E-state index is 13.0. The number of fused-ring (bicyclic) bond motifs is 3. The van der Waals surface area contributed by atoms with Crippen molar-refractivity contribution in [2.24, 2.45) is 0 Å². The van der Waals surface area contributed by atoms with E-state index in [1.54, 1.807) is 0 Å². The molecule has 1 unspecified atom stereocenters. The Hall–Kier alpha value is -3.32. The molecule has 7 nitrogen and oxygen atoms in total. The van der Waals surface area contributed by atoms with E-state index < -0.39 is 18.1 Å². The summed E-state index contributed by atoms with van der Waals surface area (Å²) in [6.07, 6.45) is 1.42. The Morgan fingerprint density at radius 2 is 1.73 bits per heavy atom. The maximum Gasteiger partial charge on any atom is 0.407 e. The van der Waals surface area contributed by atoms with Gasteiger partial charge in [-0.25, -0.2) is 4.79 Å². The Balaban J connectivity index is 1.43. The molecule has 172 valence electrons. The van der Waals surface area contributed by atoms with E-state index in [2.05, 4.69) is 5.32 Å². The van der Waals surface area contributed by atoms with Crippen molar-refractivity contribution in [3.05, 3.63) is 70.8 Å². The van der Waals surface area contributed by atoms with Crippen LogP contribution in [0.3, 0.4) is 0 Å². The minimum absolute atomic E-state index is 0.0316. The van der Waals surface area contributed by atoms with Gasteiger partial charge in [0.2, 0.25) is 5.91 Å². The third kappa shape index (κ3) is 5.20. The van der Waals surface area contributed by atoms with Crippen molar-refractivity contribution in [3.63, 3.8) is 0 Å². The van der Waals surface area contributed by atoms with Crippen LogP contribution in [0.4, 0.5) is 4.79 Å². The van der Waals surface area contributed by atoms with Crippen molar-refractivity contribution < 1.29 is 24.2 Å². The van der Waals surface area contributed by atoms with Gasteiger partial charge in [0.25, 0.3) is 0 Å². The summed E-state index contributed by atoms with van der Waals surface area (Å²) in [5.74, 6) is -1.52. The van der Waals surface area contributed by atoms with E-state index >= 15 is 0 Å². The molecule has 33 heavy (non-hydrogen) atoms. The highest BCUT2D eigenvalue weighted by Gasteiger charge is 2.31. The highest BCUT2D eigenvalue weighted by atomic mass is 35.5. The zero-order chi connectivity index (χ0) is 23.4. The fourth-order valence-corrected chi connectivity index (χ4v) is 4.67. The molecule has 8 heteroatoms. The number of rotatable bonds is 7. The summed E-state index contributed by atoms with van der Waals surface area (Å²) in [5.41, 5.74) is 4.40. The van der Waals surface area contributed by atoms with Gasteiger partial charge in [0, 0.05) is 23.9 Å². The normalized spacial score (nSPS) is 15.8. The second kappa shape index (κ2) is 10.1. The lowest BCUT2D eigenvalue weighted by atomic mass is 9.98. The van der Waals surface area contributed by atoms with Crippen molar-refractivity contribution >= 4 is 29.6 Å². The van der Waals surface area contributed by atoms with Gasteiger partial charge >= 0.3 is 12.1 Å². The van der Waals surface area contributed by atoms with E-state index in [0.717, 1.165) is 22.3 Å². The third-order valence-electron chi connectivity index (χ3n) is 6.00. The first-order valence-corrected chi connectivity index (χ1v) is 11.3. The summed E-state index contributed by atoms with van der Waals surface area (Å²) < 4.78 is 5.53. The van der Waals surface area contributed by atoms with E-state index in [1.165, 1.54) is 4.90 Å². The molecule has 2 aliphatic rings. The summed E-state index contributed by atoms with van der Waals surface area (Å²) >= 11 is 6.06. The molecule has 0 saturated carbocycles. The quantitative estimate of drug-likeness (QED) is 0.637. The lowest BCUT2D eigenvalue weighted by Crippen LogP contribution is -2.50. The van der Waals surface area contributed by atoms with Crippen molar-refractivity contribution in [1.29, 1.82) is 0 Å². The first-order chi connectivity index (χ1) is 15.9. The maximum atomic E-state index is 13.0. The van der Waals surface area contributed by atoms with Gasteiger partial charge in [-0.05, 0) is 35.1 Å². The second-order valence-corrected chi connectivity index (χ2v) is 8.64. The van der Waals surface area contributed by atoms with Gasteiger partial charge in [-0.15, -0.1) is 0 Å². The lowest BCUT2D eigenvalue weighted by Gasteiger charge is -2.29. The molecule has 0 radical (unpaired) electrons. The van der Waals surface area contributed by atoms with E-state index in [-0.39, 0.29) is 37.8 Å². The molecular formula is C25H25ClN2O5. The van der Waals surface area contributed by atoms with Crippen molar-refractivity contribution in [2.45, 2.75) is 31.2 Å². The molecule has 1 heterocycles. The van der Waals surface area contributed by atoms with Gasteiger partial charge in [-0.2, -0.15) is 0 Å². The predicted molar refractivity (Wildman–Crippen MR) is 124 cm³/mol. The fourth-order valence-electron chi connectivity index (χ4n) is 4.42. The predicted octanol–water partition coefficient (Wildman–Crippen LogP) is 4.11. The molecular weight excluding hydrogens is 444 g/mol. The molecule has 0 aromatic heterocycles. The van der Waals surface area contributed by atoms with Crippen LogP contribution in [0.5, 0.6) is 0 Å². The summed E-state index contributed by atoms with van der Waals surface area (Å²) in [5, 5.41) is 12.2. The number of aliphatic carboxylic acids is 1. The van der Waals surface area contributed by atoms with Crippen LogP contribution in [0.15, 0.2) is 59.6 Å². The van der Waals surface area contributed by atoms with Crippen LogP contribution in [0.1, 0.15) is 36.3 Å². The third-order valence-corrected chi connectivity index (χ3v) is 6.27. The molecule has 2 aromatic carbocycles. The van der Waals surface area contributed by atoms with Crippen LogP contribution in [0.2, 0.25) is 0 Å². The van der Waals surface area contributed by atoms with Gasteiger partial charge in [-0.1, -0.05) is 66.2 Å². The number of benzene rings is 2. The second-order valence-electron chi connectivity index (χ2n) is 8.15.